The fraction of sp³-hybridized carbons (Fsp3) is 0.500. The first-order valence-corrected chi connectivity index (χ1v) is 6.34. The molecule has 1 unspecified atom stereocenters. The Balaban J connectivity index is 2.25. The molecule has 0 saturated carbocycles. The minimum atomic E-state index is -1.08. The van der Waals surface area contributed by atoms with Gasteiger partial charge in [-0.25, -0.2) is 4.79 Å². The molecule has 0 aromatic heterocycles. The first kappa shape index (κ1) is 13.8. The van der Waals surface area contributed by atoms with E-state index in [1.54, 1.807) is 7.11 Å². The summed E-state index contributed by atoms with van der Waals surface area (Å²) in [5, 5.41) is 9.38. The largest absolute Gasteiger partial charge is 0.496 e. The van der Waals surface area contributed by atoms with E-state index < -0.39 is 11.6 Å². The second kappa shape index (κ2) is 5.59. The van der Waals surface area contributed by atoms with Crippen LogP contribution in [-0.4, -0.2) is 30.4 Å². The van der Waals surface area contributed by atoms with Crippen molar-refractivity contribution in [3.05, 3.63) is 29.3 Å². The van der Waals surface area contributed by atoms with E-state index in [0.29, 0.717) is 26.0 Å². The molecule has 0 radical (unpaired) electrons. The van der Waals surface area contributed by atoms with Crippen LogP contribution in [0.15, 0.2) is 18.2 Å². The van der Waals surface area contributed by atoms with E-state index in [0.717, 1.165) is 23.3 Å². The minimum absolute atomic E-state index is 0.359. The molecule has 3 N–H and O–H groups in total. The second-order valence-electron chi connectivity index (χ2n) is 4.78. The van der Waals surface area contributed by atoms with Crippen molar-refractivity contribution < 1.29 is 19.4 Å². The summed E-state index contributed by atoms with van der Waals surface area (Å²) >= 11 is 0. The van der Waals surface area contributed by atoms with Crippen molar-refractivity contribution in [1.82, 2.24) is 0 Å². The maximum Gasteiger partial charge on any atom is 0.336 e. The number of carbonyl (C=O) groups is 1. The van der Waals surface area contributed by atoms with Crippen molar-refractivity contribution in [3.63, 3.8) is 0 Å². The topological polar surface area (TPSA) is 81.8 Å². The standard InChI is InChI=1S/C14H19NO4/c1-18-12-4-3-10(7-11(12)9-15)8-14(13(16)17)5-2-6-19-14/h3-4,7H,2,5-6,8-9,15H2,1H3,(H,16,17). The molecule has 1 aliphatic rings. The fourth-order valence-electron chi connectivity index (χ4n) is 2.51. The Labute approximate surface area is 112 Å². The van der Waals surface area contributed by atoms with E-state index in [9.17, 15) is 9.90 Å². The summed E-state index contributed by atoms with van der Waals surface area (Å²) in [4.78, 5) is 11.4. The highest BCUT2D eigenvalue weighted by Gasteiger charge is 2.42. The Morgan fingerprint density at radius 1 is 1.58 bits per heavy atom. The molecule has 1 aromatic carbocycles. The van der Waals surface area contributed by atoms with Crippen LogP contribution in [0.5, 0.6) is 5.75 Å². The van der Waals surface area contributed by atoms with Crippen molar-refractivity contribution in [1.29, 1.82) is 0 Å². The van der Waals surface area contributed by atoms with Gasteiger partial charge in [0.25, 0.3) is 0 Å². The van der Waals surface area contributed by atoms with Crippen molar-refractivity contribution in [3.8, 4) is 5.75 Å². The van der Waals surface area contributed by atoms with Crippen LogP contribution in [0.25, 0.3) is 0 Å². The number of methoxy groups -OCH3 is 1. The van der Waals surface area contributed by atoms with Crippen molar-refractivity contribution in [2.75, 3.05) is 13.7 Å². The van der Waals surface area contributed by atoms with Gasteiger partial charge < -0.3 is 20.3 Å². The van der Waals surface area contributed by atoms with E-state index in [2.05, 4.69) is 0 Å². The molecule has 5 nitrogen and oxygen atoms in total. The summed E-state index contributed by atoms with van der Waals surface area (Å²) in [6.07, 6.45) is 1.69. The smallest absolute Gasteiger partial charge is 0.336 e. The number of hydrogen-bond acceptors (Lipinski definition) is 4. The van der Waals surface area contributed by atoms with Crippen LogP contribution in [0.3, 0.4) is 0 Å². The van der Waals surface area contributed by atoms with Crippen LogP contribution in [0, 0.1) is 0 Å². The number of aliphatic carboxylic acids is 1. The predicted molar refractivity (Wildman–Crippen MR) is 70.1 cm³/mol. The predicted octanol–water partition coefficient (Wildman–Crippen LogP) is 1.33. The summed E-state index contributed by atoms with van der Waals surface area (Å²) < 4.78 is 10.7. The highest BCUT2D eigenvalue weighted by Crippen LogP contribution is 2.31. The summed E-state index contributed by atoms with van der Waals surface area (Å²) in [6.45, 7) is 0.865. The molecule has 1 atom stereocenters. The Bertz CT molecular complexity index is 467. The molecule has 0 spiro atoms. The van der Waals surface area contributed by atoms with Gasteiger partial charge in [0.05, 0.1) is 7.11 Å². The van der Waals surface area contributed by atoms with E-state index in [1.165, 1.54) is 0 Å². The van der Waals surface area contributed by atoms with E-state index >= 15 is 0 Å². The zero-order chi connectivity index (χ0) is 13.9. The van der Waals surface area contributed by atoms with Gasteiger partial charge in [-0.05, 0) is 24.5 Å². The lowest BCUT2D eigenvalue weighted by Gasteiger charge is -2.23. The zero-order valence-corrected chi connectivity index (χ0v) is 11.0. The Morgan fingerprint density at radius 2 is 2.37 bits per heavy atom. The number of ether oxygens (including phenoxy) is 2. The average Bonchev–Trinajstić information content (AvgIpc) is 2.88. The number of carboxylic acids is 1. The number of benzene rings is 1. The van der Waals surface area contributed by atoms with E-state index in [4.69, 9.17) is 15.2 Å². The summed E-state index contributed by atoms with van der Waals surface area (Å²) in [6, 6.07) is 5.58. The van der Waals surface area contributed by atoms with Crippen molar-refractivity contribution >= 4 is 5.97 Å². The molecule has 1 aromatic rings. The first-order chi connectivity index (χ1) is 9.11. The number of carboxylic acid groups (broad SMARTS) is 1. The third-order valence-corrected chi connectivity index (χ3v) is 3.55. The van der Waals surface area contributed by atoms with Crippen LogP contribution >= 0.6 is 0 Å². The van der Waals surface area contributed by atoms with Crippen LogP contribution in [0.2, 0.25) is 0 Å². The molecule has 0 aliphatic carbocycles. The minimum Gasteiger partial charge on any atom is -0.496 e. The van der Waals surface area contributed by atoms with Crippen LogP contribution in [0.1, 0.15) is 24.0 Å². The van der Waals surface area contributed by atoms with Gasteiger partial charge >= 0.3 is 5.97 Å². The SMILES string of the molecule is COc1ccc(CC2(C(=O)O)CCCO2)cc1CN. The van der Waals surface area contributed by atoms with E-state index in [-0.39, 0.29) is 0 Å². The normalized spacial score (nSPS) is 22.4. The fourth-order valence-corrected chi connectivity index (χ4v) is 2.51. The monoisotopic (exact) mass is 265 g/mol. The van der Waals surface area contributed by atoms with Crippen molar-refractivity contribution in [2.24, 2.45) is 5.73 Å². The molecule has 5 heteroatoms. The summed E-state index contributed by atoms with van der Waals surface area (Å²) in [5.74, 6) is -0.168. The zero-order valence-electron chi connectivity index (χ0n) is 11.0. The molecule has 2 rings (SSSR count). The first-order valence-electron chi connectivity index (χ1n) is 6.34. The quantitative estimate of drug-likeness (QED) is 0.839. The third-order valence-electron chi connectivity index (χ3n) is 3.55. The van der Waals surface area contributed by atoms with Gasteiger partial charge in [0, 0.05) is 25.1 Å². The molecular weight excluding hydrogens is 246 g/mol. The van der Waals surface area contributed by atoms with Crippen LogP contribution in [-0.2, 0) is 22.5 Å². The van der Waals surface area contributed by atoms with Gasteiger partial charge in [-0.1, -0.05) is 12.1 Å². The lowest BCUT2D eigenvalue weighted by atomic mass is 9.91. The highest BCUT2D eigenvalue weighted by molar-refractivity contribution is 5.78. The average molecular weight is 265 g/mol. The molecule has 104 valence electrons. The highest BCUT2D eigenvalue weighted by atomic mass is 16.5. The lowest BCUT2D eigenvalue weighted by molar-refractivity contribution is -0.159. The van der Waals surface area contributed by atoms with Gasteiger partial charge in [-0.2, -0.15) is 0 Å². The van der Waals surface area contributed by atoms with Crippen molar-refractivity contribution in [2.45, 2.75) is 31.4 Å². The van der Waals surface area contributed by atoms with E-state index in [1.807, 2.05) is 18.2 Å². The Kier molecular flexibility index (Phi) is 4.07. The molecule has 1 fully saturated rings. The van der Waals surface area contributed by atoms with Gasteiger partial charge in [0.15, 0.2) is 5.60 Å². The summed E-state index contributed by atoms with van der Waals surface area (Å²) in [5.41, 5.74) is 6.37. The molecule has 1 aliphatic heterocycles. The number of rotatable bonds is 5. The van der Waals surface area contributed by atoms with Gasteiger partial charge in [-0.15, -0.1) is 0 Å². The molecular formula is C14H19NO4. The number of nitrogens with two attached hydrogens (primary N) is 1. The maximum atomic E-state index is 11.4. The Hall–Kier alpha value is -1.59. The summed E-state index contributed by atoms with van der Waals surface area (Å²) in [7, 11) is 1.59. The second-order valence-corrected chi connectivity index (χ2v) is 4.78. The molecule has 0 bridgehead atoms. The number of hydrogen-bond donors (Lipinski definition) is 2. The molecule has 1 heterocycles. The van der Waals surface area contributed by atoms with Gasteiger partial charge in [-0.3, -0.25) is 0 Å². The molecule has 0 amide bonds. The van der Waals surface area contributed by atoms with Gasteiger partial charge in [0.1, 0.15) is 5.75 Å². The molecule has 19 heavy (non-hydrogen) atoms. The van der Waals surface area contributed by atoms with Gasteiger partial charge in [0.2, 0.25) is 0 Å². The van der Waals surface area contributed by atoms with Crippen LogP contribution < -0.4 is 10.5 Å². The van der Waals surface area contributed by atoms with Crippen LogP contribution in [0.4, 0.5) is 0 Å². The Morgan fingerprint density at radius 3 is 2.89 bits per heavy atom. The molecule has 1 saturated heterocycles. The third kappa shape index (κ3) is 2.72. The maximum absolute atomic E-state index is 11.4. The lowest BCUT2D eigenvalue weighted by Crippen LogP contribution is -2.40.